The largest absolute Gasteiger partial charge is 0.491 e. The summed E-state index contributed by atoms with van der Waals surface area (Å²) in [6.07, 6.45) is 9.16. The molecule has 0 aromatic carbocycles. The molecule has 2 aromatic heterocycles. The van der Waals surface area contributed by atoms with Crippen LogP contribution in [0.1, 0.15) is 11.3 Å². The van der Waals surface area contributed by atoms with Crippen LogP contribution in [-0.2, 0) is 13.0 Å². The summed E-state index contributed by atoms with van der Waals surface area (Å²) >= 11 is 0. The molecule has 0 bridgehead atoms. The molecule has 0 unspecified atom stereocenters. The Hall–Kier alpha value is -2.01. The summed E-state index contributed by atoms with van der Waals surface area (Å²) in [5.74, 6) is 0.735. The highest BCUT2D eigenvalue weighted by Crippen LogP contribution is 2.15. The first-order valence-electron chi connectivity index (χ1n) is 5.41. The van der Waals surface area contributed by atoms with E-state index >= 15 is 0 Å². The fraction of sp³-hybridized carbons (Fsp3) is 0.250. The predicted octanol–water partition coefficient (Wildman–Crippen LogP) is 0.952. The van der Waals surface area contributed by atoms with Crippen molar-refractivity contribution in [1.82, 2.24) is 15.0 Å². The minimum Gasteiger partial charge on any atom is -0.491 e. The number of pyridine rings is 1. The van der Waals surface area contributed by atoms with Gasteiger partial charge in [-0.25, -0.2) is 0 Å². The molecule has 0 aliphatic rings. The van der Waals surface area contributed by atoms with Gasteiger partial charge in [-0.2, -0.15) is 0 Å². The Balaban J connectivity index is 1.90. The quantitative estimate of drug-likeness (QED) is 0.827. The van der Waals surface area contributed by atoms with Gasteiger partial charge in [-0.15, -0.1) is 0 Å². The van der Waals surface area contributed by atoms with E-state index in [1.807, 2.05) is 6.07 Å². The van der Waals surface area contributed by atoms with Crippen LogP contribution in [0.2, 0.25) is 0 Å². The van der Waals surface area contributed by atoms with E-state index in [2.05, 4.69) is 15.0 Å². The smallest absolute Gasteiger partial charge is 0.142 e. The molecule has 2 N–H and O–H groups in total. The van der Waals surface area contributed by atoms with E-state index in [1.165, 1.54) is 0 Å². The van der Waals surface area contributed by atoms with Crippen LogP contribution in [-0.4, -0.2) is 21.6 Å². The van der Waals surface area contributed by atoms with E-state index in [-0.39, 0.29) is 0 Å². The third-order valence-electron chi connectivity index (χ3n) is 2.32. The minimum absolute atomic E-state index is 0.447. The third-order valence-corrected chi connectivity index (χ3v) is 2.32. The van der Waals surface area contributed by atoms with Gasteiger partial charge >= 0.3 is 0 Å². The fourth-order valence-electron chi connectivity index (χ4n) is 1.43. The molecular weight excluding hydrogens is 216 g/mol. The summed E-state index contributed by atoms with van der Waals surface area (Å²) < 4.78 is 5.62. The summed E-state index contributed by atoms with van der Waals surface area (Å²) in [5, 5.41) is 0. The first kappa shape index (κ1) is 11.5. The first-order chi connectivity index (χ1) is 8.40. The highest BCUT2D eigenvalue weighted by Gasteiger charge is 2.02. The number of nitrogens with zero attached hydrogens (tertiary/aromatic N) is 3. The Labute approximate surface area is 99.7 Å². The van der Waals surface area contributed by atoms with Crippen LogP contribution in [0.25, 0.3) is 0 Å². The van der Waals surface area contributed by atoms with Gasteiger partial charge in [-0.3, -0.25) is 15.0 Å². The topological polar surface area (TPSA) is 73.9 Å². The van der Waals surface area contributed by atoms with Crippen molar-refractivity contribution < 1.29 is 4.74 Å². The predicted molar refractivity (Wildman–Crippen MR) is 63.4 cm³/mol. The Bertz CT molecular complexity index is 461. The van der Waals surface area contributed by atoms with Gasteiger partial charge in [0.25, 0.3) is 0 Å². The lowest BCUT2D eigenvalue weighted by atomic mass is 10.2. The maximum atomic E-state index is 5.62. The van der Waals surface area contributed by atoms with E-state index in [0.29, 0.717) is 19.6 Å². The van der Waals surface area contributed by atoms with Gasteiger partial charge in [-0.1, -0.05) is 0 Å². The molecule has 2 rings (SSSR count). The molecule has 2 aromatic rings. The van der Waals surface area contributed by atoms with Crippen LogP contribution in [0.15, 0.2) is 37.1 Å². The molecule has 88 valence electrons. The molecule has 0 saturated carbocycles. The molecule has 17 heavy (non-hydrogen) atoms. The molecule has 5 heteroatoms. The highest BCUT2D eigenvalue weighted by atomic mass is 16.5. The van der Waals surface area contributed by atoms with Crippen LogP contribution in [0, 0.1) is 0 Å². The number of hydrogen-bond acceptors (Lipinski definition) is 5. The van der Waals surface area contributed by atoms with Crippen LogP contribution >= 0.6 is 0 Å². The first-order valence-corrected chi connectivity index (χ1v) is 5.41. The van der Waals surface area contributed by atoms with Gasteiger partial charge in [0.2, 0.25) is 0 Å². The van der Waals surface area contributed by atoms with Crippen molar-refractivity contribution >= 4 is 0 Å². The van der Waals surface area contributed by atoms with E-state index in [1.54, 1.807) is 31.0 Å². The van der Waals surface area contributed by atoms with E-state index in [0.717, 1.165) is 17.0 Å². The Morgan fingerprint density at radius 3 is 2.76 bits per heavy atom. The van der Waals surface area contributed by atoms with Gasteiger partial charge in [-0.05, 0) is 6.07 Å². The second kappa shape index (κ2) is 5.91. The average Bonchev–Trinajstić information content (AvgIpc) is 2.40. The number of aromatic nitrogens is 3. The zero-order valence-electron chi connectivity index (χ0n) is 9.41. The Morgan fingerprint density at radius 1 is 1.12 bits per heavy atom. The van der Waals surface area contributed by atoms with Crippen molar-refractivity contribution in [2.45, 2.75) is 13.0 Å². The molecule has 0 spiro atoms. The molecule has 2 heterocycles. The van der Waals surface area contributed by atoms with Gasteiger partial charge in [0.15, 0.2) is 0 Å². The van der Waals surface area contributed by atoms with Gasteiger partial charge in [0.05, 0.1) is 18.5 Å². The lowest BCUT2D eigenvalue weighted by Gasteiger charge is -2.08. The summed E-state index contributed by atoms with van der Waals surface area (Å²) in [6.45, 7) is 0.986. The second-order valence-electron chi connectivity index (χ2n) is 3.48. The van der Waals surface area contributed by atoms with Crippen molar-refractivity contribution in [1.29, 1.82) is 0 Å². The van der Waals surface area contributed by atoms with Crippen LogP contribution in [0.3, 0.4) is 0 Å². The van der Waals surface area contributed by atoms with Gasteiger partial charge < -0.3 is 10.5 Å². The second-order valence-corrected chi connectivity index (χ2v) is 3.48. The van der Waals surface area contributed by atoms with Gasteiger partial charge in [0.1, 0.15) is 5.75 Å². The number of rotatable bonds is 5. The van der Waals surface area contributed by atoms with Gasteiger partial charge in [0, 0.05) is 43.3 Å². The van der Waals surface area contributed by atoms with Crippen LogP contribution in [0.4, 0.5) is 0 Å². The lowest BCUT2D eigenvalue weighted by Crippen LogP contribution is -2.07. The maximum Gasteiger partial charge on any atom is 0.142 e. The number of nitrogens with two attached hydrogens (primary N) is 1. The summed E-state index contributed by atoms with van der Waals surface area (Å²) in [5.41, 5.74) is 7.47. The zero-order chi connectivity index (χ0) is 11.9. The standard InChI is InChI=1S/C12H14N4O/c13-7-10-1-3-14-9-12(10)17-6-2-11-8-15-4-5-16-11/h1,3-5,8-9H,2,6-7,13H2. The highest BCUT2D eigenvalue weighted by molar-refractivity contribution is 5.29. The molecule has 0 aliphatic carbocycles. The third kappa shape index (κ3) is 3.22. The zero-order valence-corrected chi connectivity index (χ0v) is 9.41. The molecular formula is C12H14N4O. The molecule has 0 fully saturated rings. The SMILES string of the molecule is NCc1ccncc1OCCc1cnccn1. The monoisotopic (exact) mass is 230 g/mol. The van der Waals surface area contributed by atoms with Crippen molar-refractivity contribution in [3.05, 3.63) is 48.3 Å². The minimum atomic E-state index is 0.447. The Morgan fingerprint density at radius 2 is 2.00 bits per heavy atom. The Kier molecular flexibility index (Phi) is 3.99. The molecule has 0 saturated heterocycles. The van der Waals surface area contributed by atoms with Crippen molar-refractivity contribution in [2.75, 3.05) is 6.61 Å². The molecule has 0 atom stereocenters. The molecule has 0 amide bonds. The van der Waals surface area contributed by atoms with Crippen molar-refractivity contribution in [3.8, 4) is 5.75 Å². The van der Waals surface area contributed by atoms with Crippen LogP contribution < -0.4 is 10.5 Å². The lowest BCUT2D eigenvalue weighted by molar-refractivity contribution is 0.316. The van der Waals surface area contributed by atoms with Crippen molar-refractivity contribution in [2.24, 2.45) is 5.73 Å². The number of hydrogen-bond donors (Lipinski definition) is 1. The van der Waals surface area contributed by atoms with E-state index in [4.69, 9.17) is 10.5 Å². The van der Waals surface area contributed by atoms with E-state index < -0.39 is 0 Å². The maximum absolute atomic E-state index is 5.62. The molecule has 5 nitrogen and oxygen atoms in total. The summed E-state index contributed by atoms with van der Waals surface area (Å²) in [6, 6.07) is 1.86. The average molecular weight is 230 g/mol. The number of ether oxygens (including phenoxy) is 1. The molecule has 0 aliphatic heterocycles. The van der Waals surface area contributed by atoms with Crippen molar-refractivity contribution in [3.63, 3.8) is 0 Å². The molecule has 0 radical (unpaired) electrons. The summed E-state index contributed by atoms with van der Waals surface area (Å²) in [4.78, 5) is 12.2. The normalized spacial score (nSPS) is 10.2. The van der Waals surface area contributed by atoms with E-state index in [9.17, 15) is 0 Å². The summed E-state index contributed by atoms with van der Waals surface area (Å²) in [7, 11) is 0. The van der Waals surface area contributed by atoms with Crippen LogP contribution in [0.5, 0.6) is 5.75 Å². The fourth-order valence-corrected chi connectivity index (χ4v) is 1.43.